The minimum absolute atomic E-state index is 0.298. The molecule has 0 atom stereocenters. The third-order valence-corrected chi connectivity index (χ3v) is 3.26. The van der Waals surface area contributed by atoms with Crippen molar-refractivity contribution in [1.29, 1.82) is 0 Å². The molecule has 0 aliphatic rings. The van der Waals surface area contributed by atoms with E-state index in [9.17, 15) is 18.0 Å². The van der Waals surface area contributed by atoms with Gasteiger partial charge >= 0.3 is 11.1 Å². The average molecular weight is 317 g/mol. The summed E-state index contributed by atoms with van der Waals surface area (Å²) in [4.78, 5) is 27.3. The van der Waals surface area contributed by atoms with Crippen molar-refractivity contribution < 1.29 is 13.0 Å². The molecule has 2 rings (SSSR count). The standard InChI is InChI=1S/C11H9ClN2O5S/c12-7-4-6(2-1-3-20(17,18)19)9-8(5-7)13-10(15)11(16)14-9/h1-2,4-5H,3H2,(H,13,15)(H,14,16)(H,17,18,19). The zero-order valence-electron chi connectivity index (χ0n) is 9.88. The van der Waals surface area contributed by atoms with E-state index in [1.807, 2.05) is 0 Å². The van der Waals surface area contributed by atoms with Crippen LogP contribution < -0.4 is 11.1 Å². The molecule has 0 spiro atoms. The monoisotopic (exact) mass is 316 g/mol. The normalized spacial score (nSPS) is 12.3. The summed E-state index contributed by atoms with van der Waals surface area (Å²) in [5.74, 6) is -0.575. The van der Waals surface area contributed by atoms with Crippen LogP contribution >= 0.6 is 11.6 Å². The van der Waals surface area contributed by atoms with Crippen molar-refractivity contribution in [3.63, 3.8) is 0 Å². The highest BCUT2D eigenvalue weighted by Gasteiger charge is 2.06. The molecule has 0 bridgehead atoms. The molecule has 0 fully saturated rings. The number of hydrogen-bond acceptors (Lipinski definition) is 4. The number of aromatic nitrogens is 2. The van der Waals surface area contributed by atoms with Gasteiger partial charge in [0.05, 0.1) is 16.8 Å². The van der Waals surface area contributed by atoms with E-state index in [0.29, 0.717) is 21.6 Å². The van der Waals surface area contributed by atoms with E-state index < -0.39 is 27.0 Å². The Morgan fingerprint density at radius 2 is 1.85 bits per heavy atom. The maximum atomic E-state index is 11.3. The summed E-state index contributed by atoms with van der Waals surface area (Å²) in [6.07, 6.45) is 2.57. The van der Waals surface area contributed by atoms with Gasteiger partial charge < -0.3 is 9.97 Å². The van der Waals surface area contributed by atoms with Gasteiger partial charge in [-0.3, -0.25) is 14.1 Å². The van der Waals surface area contributed by atoms with E-state index in [4.69, 9.17) is 16.2 Å². The zero-order chi connectivity index (χ0) is 14.9. The van der Waals surface area contributed by atoms with E-state index in [1.165, 1.54) is 24.3 Å². The van der Waals surface area contributed by atoms with Crippen molar-refractivity contribution in [3.8, 4) is 0 Å². The molecule has 0 amide bonds. The number of halogens is 1. The maximum Gasteiger partial charge on any atom is 0.314 e. The topological polar surface area (TPSA) is 120 Å². The zero-order valence-corrected chi connectivity index (χ0v) is 11.5. The van der Waals surface area contributed by atoms with Crippen LogP contribution in [0.5, 0.6) is 0 Å². The molecule has 7 nitrogen and oxygen atoms in total. The first kappa shape index (κ1) is 14.5. The van der Waals surface area contributed by atoms with Crippen molar-refractivity contribution >= 4 is 38.8 Å². The number of H-pyrrole nitrogens is 2. The third kappa shape index (κ3) is 3.35. The van der Waals surface area contributed by atoms with Crippen molar-refractivity contribution in [2.24, 2.45) is 0 Å². The van der Waals surface area contributed by atoms with Crippen LogP contribution in [0.3, 0.4) is 0 Å². The molecule has 20 heavy (non-hydrogen) atoms. The fraction of sp³-hybridized carbons (Fsp3) is 0.0909. The largest absolute Gasteiger partial charge is 0.316 e. The molecule has 0 saturated carbocycles. The Hall–Kier alpha value is -1.90. The molecular weight excluding hydrogens is 308 g/mol. The second kappa shape index (κ2) is 5.23. The van der Waals surface area contributed by atoms with Crippen LogP contribution in [0.4, 0.5) is 0 Å². The molecule has 2 aromatic rings. The van der Waals surface area contributed by atoms with Crippen molar-refractivity contribution in [2.45, 2.75) is 0 Å². The Bertz CT molecular complexity index is 911. The highest BCUT2D eigenvalue weighted by atomic mass is 35.5. The van der Waals surface area contributed by atoms with Crippen LogP contribution in [-0.2, 0) is 10.1 Å². The summed E-state index contributed by atoms with van der Waals surface area (Å²) in [7, 11) is -4.12. The molecule has 1 heterocycles. The van der Waals surface area contributed by atoms with Gasteiger partial charge in [-0.15, -0.1) is 0 Å². The van der Waals surface area contributed by atoms with Crippen LogP contribution in [0, 0.1) is 0 Å². The Labute approximate surface area is 117 Å². The molecule has 0 aliphatic carbocycles. The Morgan fingerprint density at radius 1 is 1.20 bits per heavy atom. The highest BCUT2D eigenvalue weighted by molar-refractivity contribution is 7.85. The van der Waals surface area contributed by atoms with Crippen molar-refractivity contribution in [3.05, 3.63) is 49.5 Å². The first-order valence-corrected chi connectivity index (χ1v) is 7.32. The number of fused-ring (bicyclic) bond motifs is 1. The van der Waals surface area contributed by atoms with E-state index >= 15 is 0 Å². The van der Waals surface area contributed by atoms with E-state index in [1.54, 1.807) is 0 Å². The lowest BCUT2D eigenvalue weighted by Gasteiger charge is -2.03. The average Bonchev–Trinajstić information content (AvgIpc) is 2.30. The molecule has 106 valence electrons. The number of aromatic amines is 2. The molecule has 1 aromatic carbocycles. The number of rotatable bonds is 3. The van der Waals surface area contributed by atoms with Crippen molar-refractivity contribution in [1.82, 2.24) is 9.97 Å². The molecule has 0 saturated heterocycles. The molecular formula is C11H9ClN2O5S. The van der Waals surface area contributed by atoms with Crippen LogP contribution in [0.15, 0.2) is 27.8 Å². The first-order valence-electron chi connectivity index (χ1n) is 5.34. The number of nitrogens with one attached hydrogen (secondary N) is 2. The lowest BCUT2D eigenvalue weighted by molar-refractivity contribution is 0.487. The Morgan fingerprint density at radius 3 is 2.50 bits per heavy atom. The summed E-state index contributed by atoms with van der Waals surface area (Å²) < 4.78 is 29.9. The van der Waals surface area contributed by atoms with E-state index in [-0.39, 0.29) is 0 Å². The number of benzene rings is 1. The second-order valence-electron chi connectivity index (χ2n) is 3.98. The molecule has 9 heteroatoms. The van der Waals surface area contributed by atoms with Crippen molar-refractivity contribution in [2.75, 3.05) is 5.75 Å². The predicted molar refractivity (Wildman–Crippen MR) is 75.6 cm³/mol. The lowest BCUT2D eigenvalue weighted by atomic mass is 10.1. The van der Waals surface area contributed by atoms with Gasteiger partial charge in [-0.05, 0) is 12.1 Å². The van der Waals surface area contributed by atoms with Gasteiger partial charge in [0, 0.05) is 10.6 Å². The molecule has 0 aliphatic heterocycles. The summed E-state index contributed by atoms with van der Waals surface area (Å²) in [6.45, 7) is 0. The molecule has 0 radical (unpaired) electrons. The van der Waals surface area contributed by atoms with Gasteiger partial charge in [0.25, 0.3) is 10.1 Å². The molecule has 1 aromatic heterocycles. The van der Waals surface area contributed by atoms with Crippen LogP contribution in [-0.4, -0.2) is 28.7 Å². The minimum Gasteiger partial charge on any atom is -0.316 e. The summed E-state index contributed by atoms with van der Waals surface area (Å²) >= 11 is 5.87. The van der Waals surface area contributed by atoms with Gasteiger partial charge in [0.15, 0.2) is 0 Å². The lowest BCUT2D eigenvalue weighted by Crippen LogP contribution is -2.29. The molecule has 0 unspecified atom stereocenters. The quantitative estimate of drug-likeness (QED) is 0.570. The van der Waals surface area contributed by atoms with Crippen LogP contribution in [0.25, 0.3) is 17.1 Å². The Kier molecular flexibility index (Phi) is 3.80. The number of hydrogen-bond donors (Lipinski definition) is 3. The van der Waals surface area contributed by atoms with Crippen LogP contribution in [0.2, 0.25) is 5.02 Å². The SMILES string of the molecule is O=c1[nH]c2cc(Cl)cc(C=CCS(=O)(=O)O)c2[nH]c1=O. The highest BCUT2D eigenvalue weighted by Crippen LogP contribution is 2.20. The second-order valence-corrected chi connectivity index (χ2v) is 5.91. The molecule has 3 N–H and O–H groups in total. The maximum absolute atomic E-state index is 11.3. The summed E-state index contributed by atoms with van der Waals surface area (Å²) in [5.41, 5.74) is -0.611. The predicted octanol–water partition coefficient (Wildman–Crippen LogP) is 0.771. The fourth-order valence-electron chi connectivity index (χ4n) is 1.64. The van der Waals surface area contributed by atoms with Gasteiger partial charge in [-0.1, -0.05) is 23.8 Å². The van der Waals surface area contributed by atoms with Gasteiger partial charge in [-0.25, -0.2) is 0 Å². The smallest absolute Gasteiger partial charge is 0.314 e. The summed E-state index contributed by atoms with van der Waals surface area (Å²) in [6, 6.07) is 2.94. The van der Waals surface area contributed by atoms with Gasteiger partial charge in [0.1, 0.15) is 0 Å². The minimum atomic E-state index is -4.12. The third-order valence-electron chi connectivity index (χ3n) is 2.43. The van der Waals surface area contributed by atoms with E-state index in [2.05, 4.69) is 9.97 Å². The van der Waals surface area contributed by atoms with Gasteiger partial charge in [0.2, 0.25) is 0 Å². The van der Waals surface area contributed by atoms with Gasteiger partial charge in [-0.2, -0.15) is 8.42 Å². The fourth-order valence-corrected chi connectivity index (χ4v) is 2.21. The summed E-state index contributed by atoms with van der Waals surface area (Å²) in [5, 5.41) is 0.298. The first-order chi connectivity index (χ1) is 9.26. The van der Waals surface area contributed by atoms with E-state index in [0.717, 1.165) is 0 Å². The Balaban J connectivity index is 2.61. The van der Waals surface area contributed by atoms with Crippen LogP contribution in [0.1, 0.15) is 5.56 Å².